The molecule has 1 N–H and O–H groups in total. The van der Waals surface area contributed by atoms with Crippen LogP contribution in [0.4, 0.5) is 0 Å². The summed E-state index contributed by atoms with van der Waals surface area (Å²) >= 11 is 6.13. The number of allylic oxidation sites excluding steroid dienone is 1. The van der Waals surface area contributed by atoms with Gasteiger partial charge in [-0.3, -0.25) is 14.9 Å². The number of hydrogen-bond donors (Lipinski definition) is 1. The first-order valence-corrected chi connectivity index (χ1v) is 11.8. The highest BCUT2D eigenvalue weighted by Gasteiger charge is 2.58. The van der Waals surface area contributed by atoms with Gasteiger partial charge in [-0.05, 0) is 41.8 Å². The molecule has 5 heteroatoms. The van der Waals surface area contributed by atoms with Crippen LogP contribution in [0.5, 0.6) is 0 Å². The molecular formula is C29H28ClNO3. The van der Waals surface area contributed by atoms with Crippen LogP contribution in [0.15, 0.2) is 91.0 Å². The Morgan fingerprint density at radius 2 is 1.59 bits per heavy atom. The van der Waals surface area contributed by atoms with Crippen molar-refractivity contribution in [2.24, 2.45) is 5.92 Å². The van der Waals surface area contributed by atoms with Crippen LogP contribution in [0.3, 0.4) is 0 Å². The third-order valence-electron chi connectivity index (χ3n) is 6.62. The third kappa shape index (κ3) is 4.70. The minimum atomic E-state index is -0.837. The number of benzene rings is 3. The van der Waals surface area contributed by atoms with Gasteiger partial charge in [-0.15, -0.1) is 0 Å². The van der Waals surface area contributed by atoms with E-state index in [2.05, 4.69) is 5.32 Å². The van der Waals surface area contributed by atoms with Crippen LogP contribution in [0.1, 0.15) is 36.6 Å². The van der Waals surface area contributed by atoms with E-state index in [1.807, 2.05) is 85.8 Å². The molecule has 4 rings (SSSR count). The van der Waals surface area contributed by atoms with E-state index < -0.39 is 23.4 Å². The largest absolute Gasteiger partial charge is 0.465 e. The maximum atomic E-state index is 13.9. The summed E-state index contributed by atoms with van der Waals surface area (Å²) in [5, 5.41) is 4.07. The van der Waals surface area contributed by atoms with Gasteiger partial charge in [-0.1, -0.05) is 97.4 Å². The summed E-state index contributed by atoms with van der Waals surface area (Å²) in [6, 6.07) is 25.7. The van der Waals surface area contributed by atoms with Crippen LogP contribution < -0.4 is 5.32 Å². The first-order valence-electron chi connectivity index (χ1n) is 11.5. The summed E-state index contributed by atoms with van der Waals surface area (Å²) in [5.74, 6) is -0.977. The molecule has 1 heterocycles. The second-order valence-corrected chi connectivity index (χ2v) is 9.09. The van der Waals surface area contributed by atoms with Crippen molar-refractivity contribution in [3.63, 3.8) is 0 Å². The molecule has 174 valence electrons. The molecule has 3 aromatic carbocycles. The van der Waals surface area contributed by atoms with Gasteiger partial charge in [0.05, 0.1) is 12.5 Å². The number of hydrogen-bond acceptors (Lipinski definition) is 4. The average molecular weight is 474 g/mol. The molecule has 1 fully saturated rings. The number of rotatable bonds is 7. The highest BCUT2D eigenvalue weighted by molar-refractivity contribution is 6.30. The van der Waals surface area contributed by atoms with Crippen molar-refractivity contribution in [3.8, 4) is 0 Å². The van der Waals surface area contributed by atoms with E-state index in [0.717, 1.165) is 16.7 Å². The molecule has 1 saturated heterocycles. The Kier molecular flexibility index (Phi) is 7.30. The summed E-state index contributed by atoms with van der Waals surface area (Å²) in [5.41, 5.74) is 1.90. The van der Waals surface area contributed by atoms with Crippen molar-refractivity contribution in [2.45, 2.75) is 31.3 Å². The fraction of sp³-hybridized carbons (Fsp3) is 0.241. The van der Waals surface area contributed by atoms with Crippen LogP contribution in [-0.4, -0.2) is 24.4 Å². The van der Waals surface area contributed by atoms with Crippen molar-refractivity contribution < 1.29 is 14.3 Å². The molecule has 4 atom stereocenters. The third-order valence-corrected chi connectivity index (χ3v) is 6.87. The van der Waals surface area contributed by atoms with Gasteiger partial charge >= 0.3 is 5.97 Å². The standard InChI is InChI=1S/C29H28ClNO3/c1-3-34-28(33)27-29(2,22-12-8-5-9-13-22)25(24(32)19-14-20-10-6-4-7-11-20)26(31-27)21-15-17-23(30)18-16-21/h4-19,25-27,31H,3H2,1-2H3/b19-14+/t25-,26+,27-,29+/m1/s1. The van der Waals surface area contributed by atoms with Crippen molar-refractivity contribution in [1.29, 1.82) is 0 Å². The maximum Gasteiger partial charge on any atom is 0.324 e. The van der Waals surface area contributed by atoms with Crippen molar-refractivity contribution >= 4 is 29.4 Å². The fourth-order valence-electron chi connectivity index (χ4n) is 4.92. The van der Waals surface area contributed by atoms with E-state index >= 15 is 0 Å². The number of esters is 1. The van der Waals surface area contributed by atoms with Gasteiger partial charge in [0.15, 0.2) is 5.78 Å². The summed E-state index contributed by atoms with van der Waals surface area (Å²) in [6.45, 7) is 4.03. The van der Waals surface area contributed by atoms with Gasteiger partial charge in [0.25, 0.3) is 0 Å². The van der Waals surface area contributed by atoms with Gasteiger partial charge < -0.3 is 4.74 Å². The minimum absolute atomic E-state index is 0.0607. The predicted molar refractivity (Wildman–Crippen MR) is 136 cm³/mol. The predicted octanol–water partition coefficient (Wildman–Crippen LogP) is 5.77. The normalized spacial score (nSPS) is 24.3. The smallest absolute Gasteiger partial charge is 0.324 e. The molecule has 0 aliphatic carbocycles. The molecule has 4 nitrogen and oxygen atoms in total. The van der Waals surface area contributed by atoms with E-state index in [0.29, 0.717) is 5.02 Å². The second kappa shape index (κ2) is 10.4. The molecule has 0 spiro atoms. The van der Waals surface area contributed by atoms with E-state index in [-0.39, 0.29) is 18.4 Å². The van der Waals surface area contributed by atoms with Crippen LogP contribution in [0, 0.1) is 5.92 Å². The van der Waals surface area contributed by atoms with Crippen molar-refractivity contribution in [2.75, 3.05) is 6.61 Å². The monoisotopic (exact) mass is 473 g/mol. The van der Waals surface area contributed by atoms with Gasteiger partial charge in [0.1, 0.15) is 6.04 Å². The molecule has 0 bridgehead atoms. The first-order chi connectivity index (χ1) is 16.4. The SMILES string of the molecule is CCOC(=O)[C@H]1N[C@@H](c2ccc(Cl)cc2)[C@@H](C(=O)/C=C/c2ccccc2)[C@]1(C)c1ccccc1. The maximum absolute atomic E-state index is 13.9. The highest BCUT2D eigenvalue weighted by atomic mass is 35.5. The van der Waals surface area contributed by atoms with Gasteiger partial charge in [0.2, 0.25) is 0 Å². The number of ketones is 1. The Labute approximate surface area is 205 Å². The van der Waals surface area contributed by atoms with Crippen LogP contribution in [0.2, 0.25) is 5.02 Å². The summed E-state index contributed by atoms with van der Waals surface area (Å²) < 4.78 is 5.45. The van der Waals surface area contributed by atoms with Gasteiger partial charge in [0, 0.05) is 16.5 Å². The number of nitrogens with one attached hydrogen (secondary N) is 1. The van der Waals surface area contributed by atoms with Crippen molar-refractivity contribution in [3.05, 3.63) is 113 Å². The summed E-state index contributed by atoms with van der Waals surface area (Å²) in [6.07, 6.45) is 3.45. The molecule has 34 heavy (non-hydrogen) atoms. The average Bonchev–Trinajstić information content (AvgIpc) is 3.18. The Hall–Kier alpha value is -3.21. The number of carbonyl (C=O) groups excluding carboxylic acids is 2. The van der Waals surface area contributed by atoms with Gasteiger partial charge in [-0.25, -0.2) is 0 Å². The number of carbonyl (C=O) groups is 2. The lowest BCUT2D eigenvalue weighted by molar-refractivity contribution is -0.147. The summed E-state index contributed by atoms with van der Waals surface area (Å²) in [4.78, 5) is 27.1. The Morgan fingerprint density at radius 3 is 2.21 bits per heavy atom. The van der Waals surface area contributed by atoms with E-state index in [1.165, 1.54) is 0 Å². The molecular weight excluding hydrogens is 446 g/mol. The molecule has 0 unspecified atom stereocenters. The topological polar surface area (TPSA) is 55.4 Å². The zero-order valence-electron chi connectivity index (χ0n) is 19.3. The van der Waals surface area contributed by atoms with E-state index in [1.54, 1.807) is 25.1 Å². The molecule has 0 radical (unpaired) electrons. The quantitative estimate of drug-likeness (QED) is 0.349. The lowest BCUT2D eigenvalue weighted by Gasteiger charge is -2.35. The Bertz CT molecular complexity index is 1160. The van der Waals surface area contributed by atoms with Gasteiger partial charge in [-0.2, -0.15) is 0 Å². The molecule has 1 aliphatic heterocycles. The zero-order valence-corrected chi connectivity index (χ0v) is 20.0. The lowest BCUT2D eigenvalue weighted by atomic mass is 9.65. The minimum Gasteiger partial charge on any atom is -0.465 e. The second-order valence-electron chi connectivity index (χ2n) is 8.65. The molecule has 3 aromatic rings. The Morgan fingerprint density at radius 1 is 0.971 bits per heavy atom. The molecule has 0 aromatic heterocycles. The number of ether oxygens (including phenoxy) is 1. The van der Waals surface area contributed by atoms with E-state index in [4.69, 9.17) is 16.3 Å². The molecule has 1 aliphatic rings. The van der Waals surface area contributed by atoms with E-state index in [9.17, 15) is 9.59 Å². The Balaban J connectivity index is 1.83. The lowest BCUT2D eigenvalue weighted by Crippen LogP contribution is -2.48. The summed E-state index contributed by atoms with van der Waals surface area (Å²) in [7, 11) is 0. The van der Waals surface area contributed by atoms with Crippen molar-refractivity contribution in [1.82, 2.24) is 5.32 Å². The molecule has 0 saturated carbocycles. The zero-order chi connectivity index (χ0) is 24.1. The van der Waals surface area contributed by atoms with Crippen LogP contribution >= 0.6 is 11.6 Å². The number of halogens is 1. The molecule has 0 amide bonds. The highest BCUT2D eigenvalue weighted by Crippen LogP contribution is 2.49. The van der Waals surface area contributed by atoms with Crippen LogP contribution in [-0.2, 0) is 19.7 Å². The van der Waals surface area contributed by atoms with Crippen LogP contribution in [0.25, 0.3) is 6.08 Å². The fourth-order valence-corrected chi connectivity index (χ4v) is 5.05. The first kappa shape index (κ1) is 23.9.